The van der Waals surface area contributed by atoms with Crippen molar-refractivity contribution in [3.63, 3.8) is 0 Å². The first-order valence-electron chi connectivity index (χ1n) is 6.65. The zero-order valence-electron chi connectivity index (χ0n) is 11.8. The second-order valence-corrected chi connectivity index (χ2v) is 6.95. The Balaban J connectivity index is 2.06. The van der Waals surface area contributed by atoms with Gasteiger partial charge in [-0.2, -0.15) is 8.42 Å². The van der Waals surface area contributed by atoms with Gasteiger partial charge in [-0.15, -0.1) is 0 Å². The molecule has 5 heteroatoms. The normalized spacial score (nSPS) is 11.5. The Labute approximate surface area is 134 Å². The van der Waals surface area contributed by atoms with Gasteiger partial charge >= 0.3 is 10.1 Å². The monoisotopic (exact) mass is 332 g/mol. The van der Waals surface area contributed by atoms with Crippen LogP contribution >= 0.6 is 11.6 Å². The minimum atomic E-state index is -3.88. The van der Waals surface area contributed by atoms with E-state index in [0.29, 0.717) is 10.4 Å². The summed E-state index contributed by atoms with van der Waals surface area (Å²) in [7, 11) is -3.88. The average molecular weight is 333 g/mol. The molecule has 112 valence electrons. The van der Waals surface area contributed by atoms with Gasteiger partial charge in [-0.05, 0) is 42.6 Å². The second kappa shape index (κ2) is 5.63. The van der Waals surface area contributed by atoms with E-state index in [4.69, 9.17) is 15.8 Å². The van der Waals surface area contributed by atoms with Crippen molar-refractivity contribution in [2.75, 3.05) is 0 Å². The summed E-state index contributed by atoms with van der Waals surface area (Å²) in [6.45, 7) is 1.89. The van der Waals surface area contributed by atoms with E-state index in [-0.39, 0.29) is 10.6 Å². The standard InChI is InChI=1S/C17H13ClO3S/c1-12-5-9-15(10-6-12)22(19,20)21-17-4-2-3-13-7-8-14(18)11-16(13)17/h2-11H,1H3. The summed E-state index contributed by atoms with van der Waals surface area (Å²) >= 11 is 5.99. The van der Waals surface area contributed by atoms with E-state index in [9.17, 15) is 8.42 Å². The molecule has 0 aliphatic carbocycles. The Morgan fingerprint density at radius 2 is 1.68 bits per heavy atom. The van der Waals surface area contributed by atoms with Crippen LogP contribution in [-0.4, -0.2) is 8.42 Å². The zero-order chi connectivity index (χ0) is 15.7. The summed E-state index contributed by atoms with van der Waals surface area (Å²) in [5.74, 6) is 0.264. The van der Waals surface area contributed by atoms with Crippen molar-refractivity contribution in [1.82, 2.24) is 0 Å². The molecule has 3 nitrogen and oxygen atoms in total. The number of benzene rings is 3. The van der Waals surface area contributed by atoms with Gasteiger partial charge in [0.05, 0.1) is 0 Å². The van der Waals surface area contributed by atoms with Gasteiger partial charge in [-0.1, -0.05) is 47.5 Å². The summed E-state index contributed by atoms with van der Waals surface area (Å²) in [6, 6.07) is 17.0. The van der Waals surface area contributed by atoms with Crippen LogP contribution in [0.25, 0.3) is 10.8 Å². The highest BCUT2D eigenvalue weighted by Crippen LogP contribution is 2.30. The fraction of sp³-hybridized carbons (Fsp3) is 0.0588. The van der Waals surface area contributed by atoms with Crippen molar-refractivity contribution in [2.45, 2.75) is 11.8 Å². The molecule has 0 fully saturated rings. The Morgan fingerprint density at radius 1 is 0.955 bits per heavy atom. The van der Waals surface area contributed by atoms with Crippen LogP contribution in [0.3, 0.4) is 0 Å². The molecule has 0 unspecified atom stereocenters. The lowest BCUT2D eigenvalue weighted by atomic mass is 10.1. The van der Waals surface area contributed by atoms with Crippen molar-refractivity contribution in [3.05, 3.63) is 71.2 Å². The van der Waals surface area contributed by atoms with Crippen molar-refractivity contribution in [2.24, 2.45) is 0 Å². The largest absolute Gasteiger partial charge is 0.378 e. The maximum absolute atomic E-state index is 12.4. The Kier molecular flexibility index (Phi) is 3.81. The molecular formula is C17H13ClO3S. The molecule has 0 bridgehead atoms. The van der Waals surface area contributed by atoms with E-state index in [1.807, 2.05) is 19.1 Å². The van der Waals surface area contributed by atoms with Gasteiger partial charge in [0, 0.05) is 10.4 Å². The summed E-state index contributed by atoms with van der Waals surface area (Å²) in [6.07, 6.45) is 0. The molecule has 3 aromatic rings. The van der Waals surface area contributed by atoms with Gasteiger partial charge in [0.1, 0.15) is 4.90 Å². The van der Waals surface area contributed by atoms with E-state index in [1.165, 1.54) is 12.1 Å². The quantitative estimate of drug-likeness (QED) is 0.660. The van der Waals surface area contributed by atoms with Gasteiger partial charge in [0.15, 0.2) is 5.75 Å². The van der Waals surface area contributed by atoms with Crippen LogP contribution in [-0.2, 0) is 10.1 Å². The minimum Gasteiger partial charge on any atom is -0.378 e. The number of hydrogen-bond acceptors (Lipinski definition) is 3. The third-order valence-corrected chi connectivity index (χ3v) is 4.80. The summed E-state index contributed by atoms with van der Waals surface area (Å²) in [5, 5.41) is 2.04. The van der Waals surface area contributed by atoms with Crippen LogP contribution in [0.2, 0.25) is 5.02 Å². The molecule has 0 aliphatic rings. The maximum Gasteiger partial charge on any atom is 0.339 e. The van der Waals surface area contributed by atoms with E-state index >= 15 is 0 Å². The third-order valence-electron chi connectivity index (χ3n) is 3.31. The predicted octanol–water partition coefficient (Wildman–Crippen LogP) is 4.57. The average Bonchev–Trinajstić information content (AvgIpc) is 2.48. The molecule has 0 saturated carbocycles. The first-order valence-corrected chi connectivity index (χ1v) is 8.44. The highest BCUT2D eigenvalue weighted by molar-refractivity contribution is 7.87. The number of aryl methyl sites for hydroxylation is 1. The number of hydrogen-bond donors (Lipinski definition) is 0. The second-order valence-electron chi connectivity index (χ2n) is 4.97. The lowest BCUT2D eigenvalue weighted by molar-refractivity contribution is 0.488. The number of rotatable bonds is 3. The number of fused-ring (bicyclic) bond motifs is 1. The summed E-state index contributed by atoms with van der Waals surface area (Å²) < 4.78 is 30.1. The topological polar surface area (TPSA) is 43.4 Å². The fourth-order valence-electron chi connectivity index (χ4n) is 2.16. The van der Waals surface area contributed by atoms with E-state index in [2.05, 4.69) is 0 Å². The van der Waals surface area contributed by atoms with Crippen LogP contribution in [0.4, 0.5) is 0 Å². The molecule has 0 radical (unpaired) electrons. The van der Waals surface area contributed by atoms with Crippen molar-refractivity contribution in [1.29, 1.82) is 0 Å². The van der Waals surface area contributed by atoms with Crippen LogP contribution in [0.1, 0.15) is 5.56 Å². The van der Waals surface area contributed by atoms with Gasteiger partial charge in [0.25, 0.3) is 0 Å². The van der Waals surface area contributed by atoms with Crippen LogP contribution in [0.5, 0.6) is 5.75 Å². The van der Waals surface area contributed by atoms with E-state index in [1.54, 1.807) is 36.4 Å². The Hall–Kier alpha value is -2.04. The van der Waals surface area contributed by atoms with Crippen LogP contribution < -0.4 is 4.18 Å². The lowest BCUT2D eigenvalue weighted by Crippen LogP contribution is -2.09. The van der Waals surface area contributed by atoms with Gasteiger partial charge in [-0.25, -0.2) is 0 Å². The smallest absolute Gasteiger partial charge is 0.339 e. The molecule has 3 rings (SSSR count). The van der Waals surface area contributed by atoms with Crippen LogP contribution in [0.15, 0.2) is 65.6 Å². The van der Waals surface area contributed by atoms with Crippen molar-refractivity contribution < 1.29 is 12.6 Å². The Morgan fingerprint density at radius 3 is 2.41 bits per heavy atom. The molecule has 0 heterocycles. The molecule has 0 atom stereocenters. The zero-order valence-corrected chi connectivity index (χ0v) is 13.4. The molecule has 0 saturated heterocycles. The fourth-order valence-corrected chi connectivity index (χ4v) is 3.28. The van der Waals surface area contributed by atoms with Crippen LogP contribution in [0, 0.1) is 6.92 Å². The highest BCUT2D eigenvalue weighted by atomic mass is 35.5. The highest BCUT2D eigenvalue weighted by Gasteiger charge is 2.17. The first kappa shape index (κ1) is 14.9. The molecule has 0 aliphatic heterocycles. The predicted molar refractivity (Wildman–Crippen MR) is 88.0 cm³/mol. The third kappa shape index (κ3) is 2.93. The Bertz CT molecular complexity index is 932. The van der Waals surface area contributed by atoms with Gasteiger partial charge < -0.3 is 4.18 Å². The summed E-state index contributed by atoms with van der Waals surface area (Å²) in [5.41, 5.74) is 0.982. The molecule has 22 heavy (non-hydrogen) atoms. The van der Waals surface area contributed by atoms with Gasteiger partial charge in [-0.3, -0.25) is 0 Å². The van der Waals surface area contributed by atoms with E-state index < -0.39 is 10.1 Å². The van der Waals surface area contributed by atoms with Gasteiger partial charge in [0.2, 0.25) is 0 Å². The molecular weight excluding hydrogens is 320 g/mol. The van der Waals surface area contributed by atoms with Crippen molar-refractivity contribution >= 4 is 32.5 Å². The maximum atomic E-state index is 12.4. The molecule has 0 spiro atoms. The SMILES string of the molecule is Cc1ccc(S(=O)(=O)Oc2cccc3ccc(Cl)cc23)cc1. The lowest BCUT2D eigenvalue weighted by Gasteiger charge is -2.10. The number of halogens is 1. The molecule has 0 aromatic heterocycles. The first-order chi connectivity index (χ1) is 10.5. The van der Waals surface area contributed by atoms with E-state index in [0.717, 1.165) is 10.9 Å². The minimum absolute atomic E-state index is 0.122. The molecule has 0 amide bonds. The summed E-state index contributed by atoms with van der Waals surface area (Å²) in [4.78, 5) is 0.122. The molecule has 0 N–H and O–H groups in total. The molecule has 3 aromatic carbocycles. The van der Waals surface area contributed by atoms with Crippen molar-refractivity contribution in [3.8, 4) is 5.75 Å².